The minimum absolute atomic E-state index is 0.228. The molecule has 36 heavy (non-hydrogen) atoms. The Bertz CT molecular complexity index is 1070. The van der Waals surface area contributed by atoms with E-state index in [4.69, 9.17) is 9.16 Å². The van der Waals surface area contributed by atoms with Gasteiger partial charge in [0.05, 0.1) is 23.9 Å². The number of hydrogen-bond acceptors (Lipinski definition) is 5. The molecular weight excluding hydrogens is 470 g/mol. The molecule has 7 heteroatoms. The average Bonchev–Trinajstić information content (AvgIpc) is 3.09. The third-order valence-electron chi connectivity index (χ3n) is 7.46. The van der Waals surface area contributed by atoms with E-state index in [2.05, 4.69) is 41.5 Å². The molecule has 0 unspecified atom stereocenters. The van der Waals surface area contributed by atoms with Crippen LogP contribution in [0.2, 0.25) is 16.6 Å². The monoisotopic (exact) mass is 509 g/mol. The molecule has 2 aromatic carbocycles. The van der Waals surface area contributed by atoms with Crippen LogP contribution in [0.25, 0.3) is 0 Å². The molecule has 0 fully saturated rings. The van der Waals surface area contributed by atoms with Gasteiger partial charge in [0, 0.05) is 13.0 Å². The van der Waals surface area contributed by atoms with E-state index in [0.29, 0.717) is 52.9 Å². The molecule has 194 valence electrons. The molecule has 0 aromatic heterocycles. The van der Waals surface area contributed by atoms with Gasteiger partial charge in [-0.05, 0) is 58.8 Å². The summed E-state index contributed by atoms with van der Waals surface area (Å²) in [6, 6.07) is 12.7. The molecule has 6 nitrogen and oxygen atoms in total. The standard InChI is InChI=1S/C29H39NO5Si/c1-19(2)36(20(3)4,21(5)6)35-17-16-23-14-12-22(13-15-27(31)34-7)18-26(23)30-28(32)24-10-8-9-11-25(24)29(30)33/h8-12,14,18-21H,13,15-17H2,1-7H3. The van der Waals surface area contributed by atoms with Crippen molar-refractivity contribution in [3.05, 3.63) is 64.7 Å². The zero-order chi connectivity index (χ0) is 26.6. The van der Waals surface area contributed by atoms with Crippen molar-refractivity contribution in [3.8, 4) is 0 Å². The van der Waals surface area contributed by atoms with Crippen molar-refractivity contribution in [3.63, 3.8) is 0 Å². The van der Waals surface area contributed by atoms with Gasteiger partial charge in [0.2, 0.25) is 0 Å². The van der Waals surface area contributed by atoms with Gasteiger partial charge < -0.3 is 9.16 Å². The molecule has 0 N–H and O–H groups in total. The lowest BCUT2D eigenvalue weighted by Crippen LogP contribution is -2.48. The van der Waals surface area contributed by atoms with Crippen molar-refractivity contribution < 1.29 is 23.5 Å². The molecule has 0 spiro atoms. The number of rotatable bonds is 11. The Labute approximate surface area is 216 Å². The molecule has 0 saturated heterocycles. The van der Waals surface area contributed by atoms with Gasteiger partial charge in [-0.25, -0.2) is 4.90 Å². The summed E-state index contributed by atoms with van der Waals surface area (Å²) in [7, 11) is -0.683. The number of ether oxygens (including phenoxy) is 1. The van der Waals surface area contributed by atoms with E-state index < -0.39 is 8.32 Å². The van der Waals surface area contributed by atoms with Crippen LogP contribution in [0.1, 0.15) is 79.8 Å². The molecule has 1 heterocycles. The lowest BCUT2D eigenvalue weighted by molar-refractivity contribution is -0.140. The van der Waals surface area contributed by atoms with Gasteiger partial charge in [0.1, 0.15) is 0 Å². The third kappa shape index (κ3) is 5.32. The number of aryl methyl sites for hydroxylation is 1. The minimum atomic E-state index is -2.05. The largest absolute Gasteiger partial charge is 0.469 e. The van der Waals surface area contributed by atoms with E-state index >= 15 is 0 Å². The zero-order valence-corrected chi connectivity index (χ0v) is 23.6. The Morgan fingerprint density at radius 3 is 1.92 bits per heavy atom. The highest BCUT2D eigenvalue weighted by atomic mass is 28.4. The Morgan fingerprint density at radius 1 is 0.861 bits per heavy atom. The lowest BCUT2D eigenvalue weighted by atomic mass is 10.0. The summed E-state index contributed by atoms with van der Waals surface area (Å²) < 4.78 is 11.5. The van der Waals surface area contributed by atoms with Crippen LogP contribution in [0, 0.1) is 0 Å². The maximum absolute atomic E-state index is 13.3. The number of methoxy groups -OCH3 is 1. The first-order chi connectivity index (χ1) is 17.0. The highest BCUT2D eigenvalue weighted by Crippen LogP contribution is 2.42. The highest BCUT2D eigenvalue weighted by Gasteiger charge is 2.45. The van der Waals surface area contributed by atoms with Gasteiger partial charge >= 0.3 is 5.97 Å². The van der Waals surface area contributed by atoms with Crippen LogP contribution in [-0.4, -0.2) is 39.8 Å². The van der Waals surface area contributed by atoms with E-state index in [0.717, 1.165) is 11.1 Å². The molecule has 2 aromatic rings. The van der Waals surface area contributed by atoms with Gasteiger partial charge in [0.25, 0.3) is 11.8 Å². The number of anilines is 1. The topological polar surface area (TPSA) is 72.9 Å². The Hall–Kier alpha value is -2.77. The Balaban J connectivity index is 1.94. The van der Waals surface area contributed by atoms with E-state index in [1.807, 2.05) is 18.2 Å². The van der Waals surface area contributed by atoms with Gasteiger partial charge in [-0.2, -0.15) is 0 Å². The van der Waals surface area contributed by atoms with E-state index in [1.165, 1.54) is 12.0 Å². The number of imide groups is 1. The SMILES string of the molecule is COC(=O)CCc1ccc(CCO[Si](C(C)C)(C(C)C)C(C)C)c(N2C(=O)c3ccccc3C2=O)c1. The van der Waals surface area contributed by atoms with Crippen molar-refractivity contribution in [2.45, 2.75) is 77.4 Å². The fraction of sp³-hybridized carbons (Fsp3) is 0.483. The summed E-state index contributed by atoms with van der Waals surface area (Å²) in [5, 5.41) is 0. The summed E-state index contributed by atoms with van der Waals surface area (Å²) in [4.78, 5) is 39.6. The predicted molar refractivity (Wildman–Crippen MR) is 145 cm³/mol. The summed E-state index contributed by atoms with van der Waals surface area (Å²) >= 11 is 0. The van der Waals surface area contributed by atoms with Gasteiger partial charge in [-0.3, -0.25) is 14.4 Å². The molecule has 3 rings (SSSR count). The van der Waals surface area contributed by atoms with Gasteiger partial charge in [-0.1, -0.05) is 65.8 Å². The quantitative estimate of drug-likeness (QED) is 0.201. The molecule has 2 amide bonds. The van der Waals surface area contributed by atoms with E-state index in [9.17, 15) is 14.4 Å². The molecular formula is C29H39NO5Si. The second-order valence-corrected chi connectivity index (χ2v) is 15.9. The van der Waals surface area contributed by atoms with Gasteiger partial charge in [0.15, 0.2) is 8.32 Å². The number of fused-ring (bicyclic) bond motifs is 1. The fourth-order valence-corrected chi connectivity index (χ4v) is 11.2. The van der Waals surface area contributed by atoms with Gasteiger partial charge in [-0.15, -0.1) is 0 Å². The van der Waals surface area contributed by atoms with Crippen molar-refractivity contribution in [1.29, 1.82) is 0 Å². The van der Waals surface area contributed by atoms with Crippen molar-refractivity contribution in [2.24, 2.45) is 0 Å². The van der Waals surface area contributed by atoms with Crippen molar-refractivity contribution >= 4 is 31.8 Å². The second-order valence-electron chi connectivity index (χ2n) is 10.4. The molecule has 0 aliphatic carbocycles. The van der Waals surface area contributed by atoms with Crippen LogP contribution in [0.4, 0.5) is 5.69 Å². The normalized spacial score (nSPS) is 13.8. The Kier molecular flexibility index (Phi) is 8.90. The smallest absolute Gasteiger partial charge is 0.305 e. The third-order valence-corrected chi connectivity index (χ3v) is 13.6. The zero-order valence-electron chi connectivity index (χ0n) is 22.6. The number of benzene rings is 2. The number of hydrogen-bond donors (Lipinski definition) is 0. The van der Waals surface area contributed by atoms with Crippen molar-refractivity contribution in [2.75, 3.05) is 18.6 Å². The molecule has 1 aliphatic rings. The van der Waals surface area contributed by atoms with Crippen LogP contribution in [0.3, 0.4) is 0 Å². The maximum atomic E-state index is 13.3. The number of carbonyl (C=O) groups is 3. The number of esters is 1. The van der Waals surface area contributed by atoms with Crippen LogP contribution in [0.5, 0.6) is 0 Å². The van der Waals surface area contributed by atoms with Crippen LogP contribution >= 0.6 is 0 Å². The number of carbonyl (C=O) groups excluding carboxylic acids is 3. The molecule has 0 radical (unpaired) electrons. The first kappa shape index (κ1) is 27.8. The van der Waals surface area contributed by atoms with Crippen LogP contribution in [0.15, 0.2) is 42.5 Å². The number of amides is 2. The minimum Gasteiger partial charge on any atom is -0.469 e. The fourth-order valence-electron chi connectivity index (χ4n) is 5.78. The summed E-state index contributed by atoms with van der Waals surface area (Å²) in [6.45, 7) is 14.1. The van der Waals surface area contributed by atoms with Crippen molar-refractivity contribution in [1.82, 2.24) is 0 Å². The maximum Gasteiger partial charge on any atom is 0.305 e. The lowest BCUT2D eigenvalue weighted by Gasteiger charge is -2.42. The average molecular weight is 510 g/mol. The van der Waals surface area contributed by atoms with Crippen LogP contribution < -0.4 is 4.90 Å². The highest BCUT2D eigenvalue weighted by molar-refractivity contribution is 6.77. The van der Waals surface area contributed by atoms with E-state index in [-0.39, 0.29) is 24.2 Å². The summed E-state index contributed by atoms with van der Waals surface area (Å²) in [5.74, 6) is -0.941. The first-order valence-electron chi connectivity index (χ1n) is 12.8. The van der Waals surface area contributed by atoms with E-state index in [1.54, 1.807) is 24.3 Å². The first-order valence-corrected chi connectivity index (χ1v) is 15.0. The second kappa shape index (κ2) is 11.5. The van der Waals surface area contributed by atoms with Crippen LogP contribution in [-0.2, 0) is 26.8 Å². The molecule has 1 aliphatic heterocycles. The molecule has 0 atom stereocenters. The molecule has 0 bridgehead atoms. The summed E-state index contributed by atoms with van der Waals surface area (Å²) in [5.41, 5.74) is 4.54. The number of nitrogens with zero attached hydrogens (tertiary/aromatic N) is 1. The predicted octanol–water partition coefficient (Wildman–Crippen LogP) is 6.33. The Morgan fingerprint density at radius 2 is 1.42 bits per heavy atom. The molecule has 0 saturated carbocycles. The summed E-state index contributed by atoms with van der Waals surface area (Å²) in [6.07, 6.45) is 1.27.